The van der Waals surface area contributed by atoms with Crippen LogP contribution >= 0.6 is 12.2 Å². The smallest absolute Gasteiger partial charge is 0.0813 e. The molecule has 1 heterocycles. The Morgan fingerprint density at radius 2 is 2.86 bits per heavy atom. The monoisotopic (exact) mass is 121 g/mol. The van der Waals surface area contributed by atoms with Gasteiger partial charge in [0.05, 0.1) is 31.5 Å². The van der Waals surface area contributed by atoms with Crippen LogP contribution in [0.5, 0.6) is 0 Å². The molecule has 1 aliphatic heterocycles. The van der Waals surface area contributed by atoms with Gasteiger partial charge >= 0.3 is 0 Å². The molecule has 0 aromatic rings. The van der Waals surface area contributed by atoms with Gasteiger partial charge in [-0.05, 0) is 0 Å². The Labute approximate surface area is 46.4 Å². The van der Waals surface area contributed by atoms with Crippen molar-refractivity contribution in [2.24, 2.45) is 0 Å². The summed E-state index contributed by atoms with van der Waals surface area (Å²) in [7, 11) is 0. The summed E-state index contributed by atoms with van der Waals surface area (Å²) < 4.78 is 7.64. The number of rotatable bonds is 1. The van der Waals surface area contributed by atoms with E-state index < -0.39 is 0 Å². The van der Waals surface area contributed by atoms with Gasteiger partial charge in [-0.25, -0.2) is 4.72 Å². The number of aliphatic hydroxyl groups excluding tert-OH is 1. The van der Waals surface area contributed by atoms with Crippen molar-refractivity contribution in [1.29, 1.82) is 0 Å². The summed E-state index contributed by atoms with van der Waals surface area (Å²) in [6.07, 6.45) is 0. The first-order chi connectivity index (χ1) is 3.43. The van der Waals surface area contributed by atoms with E-state index in [0.717, 1.165) is 0 Å². The van der Waals surface area contributed by atoms with Crippen LogP contribution in [0, 0.1) is 0 Å². The van der Waals surface area contributed by atoms with Gasteiger partial charge < -0.3 is 5.11 Å². The number of nitrogens with one attached hydrogen (secondary N) is 1. The van der Waals surface area contributed by atoms with Crippen molar-refractivity contribution in [2.75, 3.05) is 13.2 Å². The highest BCUT2D eigenvalue weighted by molar-refractivity contribution is 7.92. The molecule has 0 aromatic carbocycles. The molecular formula is C3H7NO2S. The predicted octanol–water partition coefficient (Wildman–Crippen LogP) is -0.470. The zero-order valence-corrected chi connectivity index (χ0v) is 4.57. The third-order valence-corrected chi connectivity index (χ3v) is 1.45. The third-order valence-electron chi connectivity index (χ3n) is 0.763. The van der Waals surface area contributed by atoms with Crippen molar-refractivity contribution in [3.8, 4) is 0 Å². The Morgan fingerprint density at radius 1 is 2.00 bits per heavy atom. The van der Waals surface area contributed by atoms with Gasteiger partial charge in [-0.2, -0.15) is 0 Å². The van der Waals surface area contributed by atoms with Crippen molar-refractivity contribution >= 4 is 12.2 Å². The van der Waals surface area contributed by atoms with E-state index >= 15 is 0 Å². The van der Waals surface area contributed by atoms with Crippen LogP contribution in [0.3, 0.4) is 0 Å². The number of hydrogen-bond donors (Lipinski definition) is 2. The summed E-state index contributed by atoms with van der Waals surface area (Å²) in [5.74, 6) is 0. The summed E-state index contributed by atoms with van der Waals surface area (Å²) in [4.78, 5) is 0. The van der Waals surface area contributed by atoms with Gasteiger partial charge in [-0.15, -0.1) is 0 Å². The molecule has 1 saturated heterocycles. The van der Waals surface area contributed by atoms with Crippen molar-refractivity contribution in [3.05, 3.63) is 0 Å². The van der Waals surface area contributed by atoms with E-state index in [2.05, 4.69) is 4.72 Å². The molecule has 1 rings (SSSR count). The van der Waals surface area contributed by atoms with Crippen LogP contribution in [0.1, 0.15) is 0 Å². The topological polar surface area (TPSA) is 41.5 Å². The molecule has 1 unspecified atom stereocenters. The fraction of sp³-hybridized carbons (Fsp3) is 1.00. The second-order valence-corrected chi connectivity index (χ2v) is 2.00. The molecule has 4 heteroatoms. The second-order valence-electron chi connectivity index (χ2n) is 1.37. The Kier molecular flexibility index (Phi) is 1.93. The maximum Gasteiger partial charge on any atom is 0.0813 e. The molecule has 7 heavy (non-hydrogen) atoms. The highest BCUT2D eigenvalue weighted by atomic mass is 32.2. The molecule has 0 bridgehead atoms. The molecule has 0 aliphatic carbocycles. The molecule has 2 N–H and O–H groups in total. The number of hydrogen-bond acceptors (Lipinski definition) is 4. The minimum atomic E-state index is 0.144. The summed E-state index contributed by atoms with van der Waals surface area (Å²) in [5, 5.41) is 8.41. The first-order valence-electron chi connectivity index (χ1n) is 2.08. The molecular weight excluding hydrogens is 114 g/mol. The molecule has 0 spiro atoms. The molecule has 1 fully saturated rings. The predicted molar refractivity (Wildman–Crippen MR) is 27.6 cm³/mol. The Morgan fingerprint density at radius 3 is 3.14 bits per heavy atom. The average Bonchev–Trinajstić information content (AvgIpc) is 2.14. The molecule has 42 valence electrons. The van der Waals surface area contributed by atoms with Gasteiger partial charge in [0, 0.05) is 0 Å². The SMILES string of the molecule is OCC1COSN1. The van der Waals surface area contributed by atoms with E-state index in [0.29, 0.717) is 6.61 Å². The van der Waals surface area contributed by atoms with Crippen LogP contribution in [-0.4, -0.2) is 24.4 Å². The van der Waals surface area contributed by atoms with Crippen LogP contribution in [0.25, 0.3) is 0 Å². The molecule has 1 aliphatic rings. The average molecular weight is 121 g/mol. The molecule has 0 aromatic heterocycles. The highest BCUT2D eigenvalue weighted by Crippen LogP contribution is 2.07. The van der Waals surface area contributed by atoms with Gasteiger partial charge in [0.15, 0.2) is 0 Å². The zero-order chi connectivity index (χ0) is 5.11. The zero-order valence-electron chi connectivity index (χ0n) is 3.76. The maximum absolute atomic E-state index is 8.41. The lowest BCUT2D eigenvalue weighted by atomic mass is 10.4. The lowest BCUT2D eigenvalue weighted by Gasteiger charge is -1.96. The van der Waals surface area contributed by atoms with Crippen LogP contribution in [0.2, 0.25) is 0 Å². The van der Waals surface area contributed by atoms with E-state index in [1.165, 1.54) is 12.2 Å². The summed E-state index contributed by atoms with van der Waals surface area (Å²) >= 11 is 1.20. The van der Waals surface area contributed by atoms with Crippen LogP contribution in [-0.2, 0) is 4.18 Å². The summed E-state index contributed by atoms with van der Waals surface area (Å²) in [6.45, 7) is 0.772. The lowest BCUT2D eigenvalue weighted by Crippen LogP contribution is -2.23. The first-order valence-corrected chi connectivity index (χ1v) is 2.82. The normalized spacial score (nSPS) is 31.3. The second kappa shape index (κ2) is 2.52. The Hall–Kier alpha value is 0.230. The van der Waals surface area contributed by atoms with Gasteiger partial charge in [-0.3, -0.25) is 4.18 Å². The number of aliphatic hydroxyl groups is 1. The van der Waals surface area contributed by atoms with Crippen molar-refractivity contribution in [3.63, 3.8) is 0 Å². The van der Waals surface area contributed by atoms with E-state index in [9.17, 15) is 0 Å². The molecule has 0 amide bonds. The standard InChI is InChI=1S/C3H7NO2S/c5-1-3-2-6-7-4-3/h3-5H,1-2H2. The quantitative estimate of drug-likeness (QED) is 0.363. The lowest BCUT2D eigenvalue weighted by molar-refractivity contribution is 0.234. The van der Waals surface area contributed by atoms with E-state index in [1.54, 1.807) is 0 Å². The van der Waals surface area contributed by atoms with Crippen LogP contribution in [0.15, 0.2) is 0 Å². The van der Waals surface area contributed by atoms with Crippen LogP contribution < -0.4 is 4.72 Å². The Bertz CT molecular complexity index is 54.9. The van der Waals surface area contributed by atoms with Gasteiger partial charge in [0.2, 0.25) is 0 Å². The fourth-order valence-electron chi connectivity index (χ4n) is 0.342. The van der Waals surface area contributed by atoms with E-state index in [1.807, 2.05) is 0 Å². The fourth-order valence-corrected chi connectivity index (χ4v) is 0.921. The third kappa shape index (κ3) is 1.31. The summed E-state index contributed by atoms with van der Waals surface area (Å²) in [5.41, 5.74) is 0. The first kappa shape index (κ1) is 5.37. The molecule has 3 nitrogen and oxygen atoms in total. The minimum Gasteiger partial charge on any atom is -0.395 e. The minimum absolute atomic E-state index is 0.144. The van der Waals surface area contributed by atoms with Gasteiger partial charge in [0.1, 0.15) is 0 Å². The van der Waals surface area contributed by atoms with E-state index in [4.69, 9.17) is 9.29 Å². The van der Waals surface area contributed by atoms with E-state index in [-0.39, 0.29) is 12.6 Å². The van der Waals surface area contributed by atoms with Crippen molar-refractivity contribution in [1.82, 2.24) is 4.72 Å². The van der Waals surface area contributed by atoms with Crippen molar-refractivity contribution < 1.29 is 9.29 Å². The Balaban J connectivity index is 2.14. The highest BCUT2D eigenvalue weighted by Gasteiger charge is 2.13. The van der Waals surface area contributed by atoms with Crippen LogP contribution in [0.4, 0.5) is 0 Å². The molecule has 1 atom stereocenters. The summed E-state index contributed by atoms with van der Waals surface area (Å²) in [6, 6.07) is 0.144. The molecule has 0 radical (unpaired) electrons. The largest absolute Gasteiger partial charge is 0.395 e. The van der Waals surface area contributed by atoms with Crippen molar-refractivity contribution in [2.45, 2.75) is 6.04 Å². The van der Waals surface area contributed by atoms with Gasteiger partial charge in [0.25, 0.3) is 0 Å². The molecule has 0 saturated carbocycles. The van der Waals surface area contributed by atoms with Gasteiger partial charge in [-0.1, -0.05) is 0 Å². The maximum atomic E-state index is 8.41.